The average Bonchev–Trinajstić information content (AvgIpc) is 3.03. The van der Waals surface area contributed by atoms with Crippen molar-refractivity contribution in [1.82, 2.24) is 9.55 Å². The van der Waals surface area contributed by atoms with Gasteiger partial charge in [-0.15, -0.1) is 11.3 Å². The maximum absolute atomic E-state index is 11.8. The summed E-state index contributed by atoms with van der Waals surface area (Å²) in [5.41, 5.74) is 6.22. The maximum atomic E-state index is 11.8. The normalized spacial score (nSPS) is 11.6. The molecular weight excluding hydrogens is 286 g/mol. The van der Waals surface area contributed by atoms with Crippen LogP contribution in [-0.4, -0.2) is 22.1 Å². The second-order valence-electron chi connectivity index (χ2n) is 5.56. The van der Waals surface area contributed by atoms with Gasteiger partial charge in [-0.05, 0) is 25.3 Å². The molecule has 0 atom stereocenters. The Kier molecular flexibility index (Phi) is 4.37. The molecule has 0 aliphatic rings. The van der Waals surface area contributed by atoms with E-state index in [4.69, 9.17) is 10.5 Å². The smallest absolute Gasteiger partial charge is 0.360 e. The van der Waals surface area contributed by atoms with E-state index in [1.165, 1.54) is 4.88 Å². The van der Waals surface area contributed by atoms with Crippen molar-refractivity contribution in [2.24, 2.45) is 0 Å². The molecular formula is C15H21N3O2S. The van der Waals surface area contributed by atoms with Crippen LogP contribution in [0.15, 0.2) is 17.5 Å². The highest BCUT2D eigenvalue weighted by molar-refractivity contribution is 7.10. The lowest BCUT2D eigenvalue weighted by Crippen LogP contribution is -2.25. The van der Waals surface area contributed by atoms with Gasteiger partial charge in [0.15, 0.2) is 5.69 Å². The molecule has 2 aromatic heterocycles. The molecule has 6 heteroatoms. The molecule has 2 rings (SSSR count). The number of rotatable bonds is 5. The zero-order chi connectivity index (χ0) is 15.6. The van der Waals surface area contributed by atoms with Crippen molar-refractivity contribution >= 4 is 23.1 Å². The Labute approximate surface area is 128 Å². The Morgan fingerprint density at radius 3 is 2.81 bits per heavy atom. The summed E-state index contributed by atoms with van der Waals surface area (Å²) >= 11 is 1.72. The van der Waals surface area contributed by atoms with Gasteiger partial charge in [-0.25, -0.2) is 9.78 Å². The van der Waals surface area contributed by atoms with E-state index in [1.54, 1.807) is 18.3 Å². The summed E-state index contributed by atoms with van der Waals surface area (Å²) < 4.78 is 6.87. The van der Waals surface area contributed by atoms with Crippen LogP contribution in [0.25, 0.3) is 0 Å². The Balaban J connectivity index is 2.31. The molecule has 5 nitrogen and oxygen atoms in total. The van der Waals surface area contributed by atoms with Crippen molar-refractivity contribution in [3.8, 4) is 0 Å². The first kappa shape index (κ1) is 15.6. The Hall–Kier alpha value is -1.82. The van der Waals surface area contributed by atoms with Crippen molar-refractivity contribution in [2.75, 3.05) is 12.3 Å². The minimum atomic E-state index is -0.467. The molecule has 0 spiro atoms. The zero-order valence-electron chi connectivity index (χ0n) is 12.8. The Bertz CT molecular complexity index is 630. The van der Waals surface area contributed by atoms with Crippen LogP contribution in [0.2, 0.25) is 0 Å². The predicted molar refractivity (Wildman–Crippen MR) is 84.7 cm³/mol. The third-order valence-corrected chi connectivity index (χ3v) is 4.64. The van der Waals surface area contributed by atoms with Crippen molar-refractivity contribution in [1.29, 1.82) is 0 Å². The first-order valence-electron chi connectivity index (χ1n) is 6.90. The lowest BCUT2D eigenvalue weighted by molar-refractivity contribution is 0.0521. The third-order valence-electron chi connectivity index (χ3n) is 3.41. The minimum absolute atomic E-state index is 0.0837. The summed E-state index contributed by atoms with van der Waals surface area (Å²) in [5.74, 6) is 0.626. The largest absolute Gasteiger partial charge is 0.461 e. The second kappa shape index (κ2) is 5.89. The number of aromatic nitrogens is 2. The molecule has 114 valence electrons. The van der Waals surface area contributed by atoms with Gasteiger partial charge in [0, 0.05) is 16.8 Å². The monoisotopic (exact) mass is 307 g/mol. The van der Waals surface area contributed by atoms with Crippen molar-refractivity contribution in [3.05, 3.63) is 33.9 Å². The molecule has 0 fully saturated rings. The number of carbonyl (C=O) groups is 1. The third kappa shape index (κ3) is 3.10. The van der Waals surface area contributed by atoms with Gasteiger partial charge in [-0.3, -0.25) is 0 Å². The van der Waals surface area contributed by atoms with Crippen molar-refractivity contribution < 1.29 is 9.53 Å². The van der Waals surface area contributed by atoms with E-state index in [9.17, 15) is 4.79 Å². The molecule has 2 aromatic rings. The first-order chi connectivity index (χ1) is 9.86. The number of nitrogens with two attached hydrogens (primary N) is 1. The molecule has 0 amide bonds. The Morgan fingerprint density at radius 2 is 2.24 bits per heavy atom. The molecule has 0 unspecified atom stereocenters. The fraction of sp³-hybridized carbons (Fsp3) is 0.467. The quantitative estimate of drug-likeness (QED) is 0.862. The number of nitrogens with zero attached hydrogens (tertiary/aromatic N) is 2. The summed E-state index contributed by atoms with van der Waals surface area (Å²) in [5, 5.41) is 2.06. The number of hydrogen-bond acceptors (Lipinski definition) is 5. The Morgan fingerprint density at radius 1 is 1.52 bits per heavy atom. The molecule has 0 aliphatic heterocycles. The van der Waals surface area contributed by atoms with Crippen LogP contribution in [0.1, 0.15) is 42.0 Å². The van der Waals surface area contributed by atoms with Gasteiger partial charge in [0.2, 0.25) is 0 Å². The number of nitrogen functional groups attached to an aromatic ring is 1. The van der Waals surface area contributed by atoms with Gasteiger partial charge in [0.05, 0.1) is 6.61 Å². The molecule has 0 saturated heterocycles. The average molecular weight is 307 g/mol. The number of ether oxygens (including phenoxy) is 1. The van der Waals surface area contributed by atoms with E-state index in [0.717, 1.165) is 5.82 Å². The summed E-state index contributed by atoms with van der Waals surface area (Å²) in [4.78, 5) is 17.4. The van der Waals surface area contributed by atoms with Crippen molar-refractivity contribution in [3.63, 3.8) is 0 Å². The zero-order valence-corrected chi connectivity index (χ0v) is 13.7. The summed E-state index contributed by atoms with van der Waals surface area (Å²) in [6.07, 6.45) is 0. The fourth-order valence-electron chi connectivity index (χ4n) is 2.27. The first-order valence-corrected chi connectivity index (χ1v) is 7.78. The summed E-state index contributed by atoms with van der Waals surface area (Å²) in [6.45, 7) is 8.90. The van der Waals surface area contributed by atoms with Crippen LogP contribution in [0.4, 0.5) is 5.82 Å². The molecule has 0 bridgehead atoms. The highest BCUT2D eigenvalue weighted by Gasteiger charge is 2.27. The highest BCUT2D eigenvalue weighted by Crippen LogP contribution is 2.31. The van der Waals surface area contributed by atoms with Gasteiger partial charge in [0.25, 0.3) is 0 Å². The molecule has 21 heavy (non-hydrogen) atoms. The lowest BCUT2D eigenvalue weighted by atomic mass is 9.91. The fourth-order valence-corrected chi connectivity index (χ4v) is 3.11. The highest BCUT2D eigenvalue weighted by atomic mass is 32.1. The predicted octanol–water partition coefficient (Wildman–Crippen LogP) is 2.99. The van der Waals surface area contributed by atoms with Gasteiger partial charge in [-0.1, -0.05) is 19.9 Å². The lowest BCUT2D eigenvalue weighted by Gasteiger charge is -2.25. The molecule has 0 aliphatic carbocycles. The van der Waals surface area contributed by atoms with E-state index in [-0.39, 0.29) is 11.1 Å². The number of anilines is 1. The molecule has 2 N–H and O–H groups in total. The van der Waals surface area contributed by atoms with Crippen LogP contribution in [0.3, 0.4) is 0 Å². The van der Waals surface area contributed by atoms with E-state index in [0.29, 0.717) is 19.0 Å². The van der Waals surface area contributed by atoms with Crippen LogP contribution in [0, 0.1) is 6.92 Å². The topological polar surface area (TPSA) is 70.1 Å². The van der Waals surface area contributed by atoms with Gasteiger partial charge >= 0.3 is 5.97 Å². The molecule has 2 heterocycles. The van der Waals surface area contributed by atoms with E-state index >= 15 is 0 Å². The SMILES string of the molecule is CCOC(=O)c1nc(C)n(CC(C)(C)c2cccs2)c1N. The van der Waals surface area contributed by atoms with Crippen LogP contribution in [0.5, 0.6) is 0 Å². The van der Waals surface area contributed by atoms with Gasteiger partial charge < -0.3 is 15.0 Å². The minimum Gasteiger partial charge on any atom is -0.461 e. The molecule has 0 radical (unpaired) electrons. The molecule has 0 aromatic carbocycles. The number of aryl methyl sites for hydroxylation is 1. The van der Waals surface area contributed by atoms with Gasteiger partial charge in [0.1, 0.15) is 11.6 Å². The number of esters is 1. The van der Waals surface area contributed by atoms with Gasteiger partial charge in [-0.2, -0.15) is 0 Å². The van der Waals surface area contributed by atoms with Crippen LogP contribution >= 0.6 is 11.3 Å². The van der Waals surface area contributed by atoms with E-state index in [2.05, 4.69) is 30.3 Å². The van der Waals surface area contributed by atoms with E-state index < -0.39 is 5.97 Å². The maximum Gasteiger partial charge on any atom is 0.360 e. The number of hydrogen-bond donors (Lipinski definition) is 1. The summed E-state index contributed by atoms with van der Waals surface area (Å²) in [6, 6.07) is 4.15. The summed E-state index contributed by atoms with van der Waals surface area (Å²) in [7, 11) is 0. The number of thiophene rings is 1. The second-order valence-corrected chi connectivity index (χ2v) is 6.51. The van der Waals surface area contributed by atoms with Crippen molar-refractivity contribution in [2.45, 2.75) is 39.7 Å². The number of carbonyl (C=O) groups excluding carboxylic acids is 1. The number of imidazole rings is 1. The standard InChI is InChI=1S/C15H21N3O2S/c1-5-20-14(19)12-13(16)18(10(2)17-12)9-15(3,4)11-7-6-8-21-11/h6-8H,5,9,16H2,1-4H3. The van der Waals surface area contributed by atoms with Crippen LogP contribution in [-0.2, 0) is 16.7 Å². The molecule has 0 saturated carbocycles. The van der Waals surface area contributed by atoms with E-state index in [1.807, 2.05) is 17.6 Å². The van der Waals surface area contributed by atoms with Crippen LogP contribution < -0.4 is 5.73 Å².